The van der Waals surface area contributed by atoms with Crippen molar-refractivity contribution in [1.82, 2.24) is 4.57 Å². The summed E-state index contributed by atoms with van der Waals surface area (Å²) in [4.78, 5) is 43.1. The molecule has 0 fully saturated rings. The van der Waals surface area contributed by atoms with Crippen LogP contribution in [0.5, 0.6) is 11.5 Å². The van der Waals surface area contributed by atoms with E-state index in [0.717, 1.165) is 11.1 Å². The van der Waals surface area contributed by atoms with E-state index in [-0.39, 0.29) is 12.2 Å². The standard InChI is InChI=1S/C27H25BrN2O6S/c1-5-34-19-10-8-18(9-11-19)24-23(26(33)35-6-2)15(3)29-27-30(24)25(32)22(37-27)14-17-7-12-21(20(28)13-17)36-16(4)31/h7-14,24H,5-6H2,1-4H3/b22-14-. The van der Waals surface area contributed by atoms with Crippen LogP contribution in [0.2, 0.25) is 0 Å². The van der Waals surface area contributed by atoms with Crippen LogP contribution in [0.15, 0.2) is 68.0 Å². The lowest BCUT2D eigenvalue weighted by Gasteiger charge is -2.24. The van der Waals surface area contributed by atoms with Gasteiger partial charge >= 0.3 is 11.9 Å². The normalized spacial score (nSPS) is 15.2. The van der Waals surface area contributed by atoms with Gasteiger partial charge in [0.05, 0.1) is 39.5 Å². The molecule has 1 aromatic heterocycles. The van der Waals surface area contributed by atoms with Crippen molar-refractivity contribution in [1.29, 1.82) is 0 Å². The lowest BCUT2D eigenvalue weighted by Crippen LogP contribution is -2.39. The Kier molecular flexibility index (Phi) is 8.09. The zero-order valence-corrected chi connectivity index (χ0v) is 23.1. The molecule has 0 aliphatic carbocycles. The van der Waals surface area contributed by atoms with Gasteiger partial charge in [0.25, 0.3) is 5.56 Å². The van der Waals surface area contributed by atoms with Crippen molar-refractivity contribution < 1.29 is 23.8 Å². The average Bonchev–Trinajstić information content (AvgIpc) is 3.15. The molecule has 2 heterocycles. The van der Waals surface area contributed by atoms with E-state index >= 15 is 0 Å². The fraction of sp³-hybridized carbons (Fsp3) is 0.259. The summed E-state index contributed by atoms with van der Waals surface area (Å²) < 4.78 is 18.6. The molecule has 1 aliphatic rings. The second kappa shape index (κ2) is 11.3. The van der Waals surface area contributed by atoms with Gasteiger partial charge in [-0.25, -0.2) is 9.79 Å². The Morgan fingerprint density at radius 3 is 2.49 bits per heavy atom. The molecule has 0 saturated carbocycles. The minimum absolute atomic E-state index is 0.203. The minimum atomic E-state index is -0.703. The van der Waals surface area contributed by atoms with E-state index in [0.29, 0.717) is 43.2 Å². The number of aromatic nitrogens is 1. The number of ether oxygens (including phenoxy) is 3. The number of halogens is 1. The number of rotatable bonds is 7. The molecule has 1 unspecified atom stereocenters. The van der Waals surface area contributed by atoms with Gasteiger partial charge in [0.2, 0.25) is 0 Å². The Morgan fingerprint density at radius 2 is 1.86 bits per heavy atom. The highest BCUT2D eigenvalue weighted by Crippen LogP contribution is 2.32. The molecular weight excluding hydrogens is 560 g/mol. The van der Waals surface area contributed by atoms with Crippen LogP contribution in [0.4, 0.5) is 0 Å². The highest BCUT2D eigenvalue weighted by atomic mass is 79.9. The third-order valence-electron chi connectivity index (χ3n) is 5.53. The molecule has 192 valence electrons. The average molecular weight is 585 g/mol. The Bertz CT molecular complexity index is 1570. The monoisotopic (exact) mass is 584 g/mol. The third-order valence-corrected chi connectivity index (χ3v) is 7.13. The van der Waals surface area contributed by atoms with Gasteiger partial charge < -0.3 is 14.2 Å². The summed E-state index contributed by atoms with van der Waals surface area (Å²) in [6, 6.07) is 11.8. The van der Waals surface area contributed by atoms with Crippen molar-refractivity contribution in [3.8, 4) is 11.5 Å². The summed E-state index contributed by atoms with van der Waals surface area (Å²) in [5.41, 5.74) is 2.00. The largest absolute Gasteiger partial charge is 0.494 e. The summed E-state index contributed by atoms with van der Waals surface area (Å²) in [5.74, 6) is 0.141. The topological polar surface area (TPSA) is 96.2 Å². The summed E-state index contributed by atoms with van der Waals surface area (Å²) in [6.07, 6.45) is 1.74. The van der Waals surface area contributed by atoms with Gasteiger partial charge in [0.1, 0.15) is 11.5 Å². The van der Waals surface area contributed by atoms with Gasteiger partial charge in [-0.1, -0.05) is 29.5 Å². The molecule has 0 amide bonds. The van der Waals surface area contributed by atoms with Crippen LogP contribution < -0.4 is 24.4 Å². The molecule has 0 saturated heterocycles. The molecule has 0 bridgehead atoms. The predicted octanol–water partition coefficient (Wildman–Crippen LogP) is 3.88. The van der Waals surface area contributed by atoms with Crippen molar-refractivity contribution in [2.45, 2.75) is 33.7 Å². The number of carbonyl (C=O) groups excluding carboxylic acids is 2. The highest BCUT2D eigenvalue weighted by Gasteiger charge is 2.33. The number of carbonyl (C=O) groups is 2. The van der Waals surface area contributed by atoms with Gasteiger partial charge in [-0.15, -0.1) is 0 Å². The molecule has 0 radical (unpaired) electrons. The lowest BCUT2D eigenvalue weighted by molar-refractivity contribution is -0.139. The van der Waals surface area contributed by atoms with Crippen LogP contribution >= 0.6 is 27.3 Å². The fourth-order valence-corrected chi connectivity index (χ4v) is 5.54. The van der Waals surface area contributed by atoms with Gasteiger partial charge in [0.15, 0.2) is 4.80 Å². The second-order valence-electron chi connectivity index (χ2n) is 8.09. The second-order valence-corrected chi connectivity index (χ2v) is 9.95. The fourth-order valence-electron chi connectivity index (χ4n) is 4.02. The number of esters is 2. The smallest absolute Gasteiger partial charge is 0.338 e. The Labute approximate surface area is 225 Å². The zero-order valence-electron chi connectivity index (χ0n) is 20.7. The number of hydrogen-bond donors (Lipinski definition) is 0. The van der Waals surface area contributed by atoms with Crippen LogP contribution in [0.3, 0.4) is 0 Å². The first-order chi connectivity index (χ1) is 17.7. The molecule has 37 heavy (non-hydrogen) atoms. The zero-order chi connectivity index (χ0) is 26.7. The van der Waals surface area contributed by atoms with Crippen molar-refractivity contribution >= 4 is 45.3 Å². The van der Waals surface area contributed by atoms with Crippen molar-refractivity contribution in [2.75, 3.05) is 13.2 Å². The summed E-state index contributed by atoms with van der Waals surface area (Å²) in [5, 5.41) is 0. The number of allylic oxidation sites excluding steroid dienone is 1. The van der Waals surface area contributed by atoms with E-state index in [2.05, 4.69) is 20.9 Å². The van der Waals surface area contributed by atoms with E-state index < -0.39 is 18.0 Å². The summed E-state index contributed by atoms with van der Waals surface area (Å²) in [7, 11) is 0. The van der Waals surface area contributed by atoms with E-state index in [4.69, 9.17) is 14.2 Å². The molecule has 0 N–H and O–H groups in total. The maximum Gasteiger partial charge on any atom is 0.338 e. The summed E-state index contributed by atoms with van der Waals surface area (Å²) in [6.45, 7) is 7.44. The van der Waals surface area contributed by atoms with Gasteiger partial charge in [-0.3, -0.25) is 14.2 Å². The first-order valence-electron chi connectivity index (χ1n) is 11.6. The predicted molar refractivity (Wildman–Crippen MR) is 143 cm³/mol. The van der Waals surface area contributed by atoms with Crippen molar-refractivity contribution in [3.05, 3.63) is 89.0 Å². The molecule has 2 aromatic carbocycles. The van der Waals surface area contributed by atoms with Crippen LogP contribution in [0.25, 0.3) is 6.08 Å². The third kappa shape index (κ3) is 5.60. The quantitative estimate of drug-likeness (QED) is 0.309. The van der Waals surface area contributed by atoms with Crippen LogP contribution in [-0.4, -0.2) is 29.7 Å². The molecule has 0 spiro atoms. The van der Waals surface area contributed by atoms with Gasteiger partial charge in [0, 0.05) is 6.92 Å². The SMILES string of the molecule is CCOC(=O)C1=C(C)N=c2s/c(=C\c3ccc(OC(C)=O)c(Br)c3)c(=O)n2C1c1ccc(OCC)cc1. The first kappa shape index (κ1) is 26.6. The van der Waals surface area contributed by atoms with E-state index in [1.165, 1.54) is 22.8 Å². The molecule has 1 atom stereocenters. The maximum atomic E-state index is 13.7. The Balaban J connectivity index is 1.86. The highest BCUT2D eigenvalue weighted by molar-refractivity contribution is 9.10. The van der Waals surface area contributed by atoms with E-state index in [9.17, 15) is 14.4 Å². The molecule has 3 aromatic rings. The number of thiazole rings is 1. The number of nitrogens with zero attached hydrogens (tertiary/aromatic N) is 2. The van der Waals surface area contributed by atoms with Crippen molar-refractivity contribution in [2.24, 2.45) is 4.99 Å². The molecular formula is C27H25BrN2O6S. The summed E-state index contributed by atoms with van der Waals surface area (Å²) >= 11 is 4.64. The maximum absolute atomic E-state index is 13.7. The van der Waals surface area contributed by atoms with Crippen LogP contribution in [-0.2, 0) is 14.3 Å². The van der Waals surface area contributed by atoms with Crippen LogP contribution in [0.1, 0.15) is 44.9 Å². The Morgan fingerprint density at radius 1 is 1.14 bits per heavy atom. The van der Waals surface area contributed by atoms with Gasteiger partial charge in [-0.2, -0.15) is 0 Å². The first-order valence-corrected chi connectivity index (χ1v) is 13.2. The molecule has 1 aliphatic heterocycles. The van der Waals surface area contributed by atoms with Crippen molar-refractivity contribution in [3.63, 3.8) is 0 Å². The number of hydrogen-bond acceptors (Lipinski definition) is 8. The molecule has 8 nitrogen and oxygen atoms in total. The Hall–Kier alpha value is -3.50. The van der Waals surface area contributed by atoms with E-state index in [1.807, 2.05) is 31.2 Å². The molecule has 4 rings (SSSR count). The van der Waals surface area contributed by atoms with Gasteiger partial charge in [-0.05, 0) is 78.2 Å². The number of benzene rings is 2. The minimum Gasteiger partial charge on any atom is -0.494 e. The van der Waals surface area contributed by atoms with E-state index in [1.54, 1.807) is 38.1 Å². The lowest BCUT2D eigenvalue weighted by atomic mass is 9.96. The molecule has 10 heteroatoms. The van der Waals surface area contributed by atoms with Crippen LogP contribution in [0, 0.1) is 0 Å². The number of fused-ring (bicyclic) bond motifs is 1.